The minimum Gasteiger partial charge on any atom is -0.456 e. The van der Waals surface area contributed by atoms with E-state index in [0.717, 1.165) is 57.8 Å². The lowest BCUT2D eigenvalue weighted by molar-refractivity contribution is -0.870. The maximum Gasteiger partial charge on any atom is 0.472 e. The third-order valence-corrected chi connectivity index (χ3v) is 14.0. The third kappa shape index (κ3) is 47.8. The number of hydrogen-bond acceptors (Lipinski definition) is 6. The number of nitrogens with zero attached hydrogens (tertiary/aromatic N) is 1. The van der Waals surface area contributed by atoms with E-state index in [2.05, 4.69) is 26.1 Å². The number of carbonyl (C=O) groups is 2. The van der Waals surface area contributed by atoms with Crippen LogP contribution in [0.2, 0.25) is 0 Å². The summed E-state index contributed by atoms with van der Waals surface area (Å²) in [7, 11) is 1.51. The van der Waals surface area contributed by atoms with E-state index >= 15 is 0 Å². The number of phosphoric acid groups is 1. The molecule has 1 amide bonds. The monoisotopic (exact) mass is 956 g/mol. The van der Waals surface area contributed by atoms with E-state index in [1.54, 1.807) is 0 Å². The fourth-order valence-electron chi connectivity index (χ4n) is 8.53. The van der Waals surface area contributed by atoms with Gasteiger partial charge in [0.25, 0.3) is 0 Å². The zero-order valence-corrected chi connectivity index (χ0v) is 45.6. The van der Waals surface area contributed by atoms with Crippen molar-refractivity contribution in [1.29, 1.82) is 0 Å². The summed E-state index contributed by atoms with van der Waals surface area (Å²) in [6.07, 6.45) is 52.0. The summed E-state index contributed by atoms with van der Waals surface area (Å²) < 4.78 is 30.6. The van der Waals surface area contributed by atoms with E-state index in [9.17, 15) is 19.0 Å². The predicted octanol–water partition coefficient (Wildman–Crippen LogP) is 16.8. The Morgan fingerprint density at radius 1 is 0.515 bits per heavy atom. The normalized spacial score (nSPS) is 13.9. The zero-order valence-electron chi connectivity index (χ0n) is 44.7. The molecule has 0 radical (unpaired) electrons. The maximum absolute atomic E-state index is 13.4. The number of carbonyl (C=O) groups excluding carboxylic acids is 2. The lowest BCUT2D eigenvalue weighted by Gasteiger charge is -2.27. The largest absolute Gasteiger partial charge is 0.472 e. The van der Waals surface area contributed by atoms with E-state index in [1.165, 1.54) is 193 Å². The lowest BCUT2D eigenvalue weighted by atomic mass is 10.0. The van der Waals surface area contributed by atoms with Gasteiger partial charge in [-0.25, -0.2) is 4.57 Å². The second kappa shape index (κ2) is 47.4. The van der Waals surface area contributed by atoms with Gasteiger partial charge in [0.05, 0.1) is 33.8 Å². The molecule has 0 aromatic heterocycles. The Morgan fingerprint density at radius 3 is 1.24 bits per heavy atom. The molecule has 0 saturated heterocycles. The number of rotatable bonds is 52. The van der Waals surface area contributed by atoms with Crippen molar-refractivity contribution >= 4 is 19.7 Å². The topological polar surface area (TPSA) is 111 Å². The Hall–Kier alpha value is -1.25. The minimum atomic E-state index is -4.43. The van der Waals surface area contributed by atoms with Crippen LogP contribution in [0.5, 0.6) is 0 Å². The van der Waals surface area contributed by atoms with Crippen LogP contribution in [0, 0.1) is 0 Å². The van der Waals surface area contributed by atoms with E-state index < -0.39 is 20.0 Å². The summed E-state index contributed by atoms with van der Waals surface area (Å²) in [6.45, 7) is 7.03. The van der Waals surface area contributed by atoms with Crippen molar-refractivity contribution in [1.82, 2.24) is 5.32 Å². The van der Waals surface area contributed by atoms with Gasteiger partial charge in [-0.2, -0.15) is 0 Å². The molecule has 3 unspecified atom stereocenters. The van der Waals surface area contributed by atoms with Crippen LogP contribution in [0.4, 0.5) is 0 Å². The minimum absolute atomic E-state index is 0.0453. The quantitative estimate of drug-likeness (QED) is 0.0205. The molecule has 9 nitrogen and oxygen atoms in total. The second-order valence-corrected chi connectivity index (χ2v) is 22.3. The van der Waals surface area contributed by atoms with E-state index in [4.69, 9.17) is 13.8 Å². The van der Waals surface area contributed by atoms with Crippen LogP contribution in [0.3, 0.4) is 0 Å². The Labute approximate surface area is 410 Å². The van der Waals surface area contributed by atoms with Gasteiger partial charge in [0, 0.05) is 12.8 Å². The Balaban J connectivity index is 5.28. The van der Waals surface area contributed by atoms with Gasteiger partial charge in [-0.1, -0.05) is 252 Å². The van der Waals surface area contributed by atoms with Crippen molar-refractivity contribution < 1.29 is 37.3 Å². The van der Waals surface area contributed by atoms with Gasteiger partial charge < -0.3 is 19.4 Å². The van der Waals surface area contributed by atoms with Crippen LogP contribution in [-0.2, 0) is 27.9 Å². The highest BCUT2D eigenvalue weighted by Crippen LogP contribution is 2.43. The van der Waals surface area contributed by atoms with Crippen LogP contribution in [0.1, 0.15) is 284 Å². The van der Waals surface area contributed by atoms with Gasteiger partial charge >= 0.3 is 13.8 Å². The fourth-order valence-corrected chi connectivity index (χ4v) is 9.27. The number of allylic oxidation sites excluding steroid dienone is 1. The first-order valence-corrected chi connectivity index (χ1v) is 30.0. The highest BCUT2D eigenvalue weighted by molar-refractivity contribution is 7.47. The van der Waals surface area contributed by atoms with Crippen LogP contribution in [-0.4, -0.2) is 74.3 Å². The van der Waals surface area contributed by atoms with Gasteiger partial charge in [0.2, 0.25) is 5.91 Å². The van der Waals surface area contributed by atoms with Gasteiger partial charge in [-0.3, -0.25) is 18.6 Å². The molecule has 3 atom stereocenters. The van der Waals surface area contributed by atoms with Crippen LogP contribution in [0.25, 0.3) is 0 Å². The van der Waals surface area contributed by atoms with Gasteiger partial charge in [-0.05, 0) is 31.8 Å². The average Bonchev–Trinajstić information content (AvgIpc) is 3.27. The molecule has 2 N–H and O–H groups in total. The highest BCUT2D eigenvalue weighted by Gasteiger charge is 2.30. The van der Waals surface area contributed by atoms with Crippen molar-refractivity contribution in [3.63, 3.8) is 0 Å². The summed E-state index contributed by atoms with van der Waals surface area (Å²) in [5, 5.41) is 3.05. The summed E-state index contributed by atoms with van der Waals surface area (Å²) in [6, 6.07) is -0.837. The Bertz CT molecular complexity index is 1150. The number of likely N-dealkylation sites (N-methyl/N-ethyl adjacent to an activating group) is 1. The molecule has 392 valence electrons. The molecule has 0 spiro atoms. The number of ether oxygens (including phenoxy) is 1. The van der Waals surface area contributed by atoms with Crippen molar-refractivity contribution in [2.75, 3.05) is 40.9 Å². The van der Waals surface area contributed by atoms with Gasteiger partial charge in [0.15, 0.2) is 0 Å². The fraction of sp³-hybridized carbons (Fsp3) is 0.929. The smallest absolute Gasteiger partial charge is 0.456 e. The van der Waals surface area contributed by atoms with Crippen molar-refractivity contribution in [3.05, 3.63) is 12.2 Å². The molecule has 0 aliphatic rings. The van der Waals surface area contributed by atoms with Crippen molar-refractivity contribution in [2.24, 2.45) is 0 Å². The number of quaternary nitrogens is 1. The van der Waals surface area contributed by atoms with Crippen molar-refractivity contribution in [3.8, 4) is 0 Å². The first-order chi connectivity index (χ1) is 31.9. The van der Waals surface area contributed by atoms with Crippen LogP contribution in [0.15, 0.2) is 12.2 Å². The van der Waals surface area contributed by atoms with Crippen LogP contribution >= 0.6 is 7.82 Å². The SMILES string of the molecule is CCCCCCCCCCCC/C=C\C(OC(=O)CCCCCCCCCCCCCCCCCCC)C(COP(=O)(O)OCC[N+](C)(C)C)NC(=O)CCCCCCCCCCCCC. The summed E-state index contributed by atoms with van der Waals surface area (Å²) in [4.78, 5) is 37.5. The number of hydrogen-bond donors (Lipinski definition) is 2. The lowest BCUT2D eigenvalue weighted by Crippen LogP contribution is -2.47. The molecule has 0 fully saturated rings. The molecular formula is C56H112N2O7P+. The maximum atomic E-state index is 13.4. The standard InChI is InChI=1S/C56H111N2O7P/c1-7-10-13-16-19-22-25-27-28-29-30-31-34-37-40-43-46-49-56(60)65-54(47-44-41-38-35-33-26-23-20-17-14-11-8-2)53(52-64-66(61,62)63-51-50-58(4,5)6)57-55(59)48-45-42-39-36-32-24-21-18-15-12-9-3/h44,47,53-54H,7-43,45-46,48-52H2,1-6H3,(H-,57,59,61,62)/p+1/b47-44-. The molecular weight excluding hydrogens is 844 g/mol. The Morgan fingerprint density at radius 2 is 0.864 bits per heavy atom. The zero-order chi connectivity index (χ0) is 48.7. The molecule has 0 aromatic carbocycles. The predicted molar refractivity (Wildman–Crippen MR) is 282 cm³/mol. The molecule has 0 rings (SSSR count). The summed E-state index contributed by atoms with van der Waals surface area (Å²) >= 11 is 0. The Kier molecular flexibility index (Phi) is 46.5. The summed E-state index contributed by atoms with van der Waals surface area (Å²) in [5.41, 5.74) is 0. The van der Waals surface area contributed by atoms with Crippen molar-refractivity contribution in [2.45, 2.75) is 296 Å². The molecule has 0 saturated carbocycles. The van der Waals surface area contributed by atoms with Gasteiger partial charge in [0.1, 0.15) is 19.3 Å². The van der Waals surface area contributed by atoms with E-state index in [-0.39, 0.29) is 25.1 Å². The summed E-state index contributed by atoms with van der Waals surface area (Å²) in [5.74, 6) is -0.490. The van der Waals surface area contributed by atoms with E-state index in [1.807, 2.05) is 33.3 Å². The number of amides is 1. The molecule has 10 heteroatoms. The molecule has 0 bridgehead atoms. The number of phosphoric ester groups is 1. The highest BCUT2D eigenvalue weighted by atomic mass is 31.2. The molecule has 0 aromatic rings. The molecule has 0 aliphatic carbocycles. The first-order valence-electron chi connectivity index (χ1n) is 28.5. The average molecular weight is 956 g/mol. The van der Waals surface area contributed by atoms with Crippen LogP contribution < -0.4 is 5.32 Å². The van der Waals surface area contributed by atoms with E-state index in [0.29, 0.717) is 23.9 Å². The number of esters is 1. The second-order valence-electron chi connectivity index (χ2n) is 20.8. The number of nitrogens with one attached hydrogen (secondary N) is 1. The number of unbranched alkanes of at least 4 members (excludes halogenated alkanes) is 36. The molecule has 0 heterocycles. The molecule has 0 aliphatic heterocycles. The molecule has 66 heavy (non-hydrogen) atoms. The first kappa shape index (κ1) is 64.8. The van der Waals surface area contributed by atoms with Gasteiger partial charge in [-0.15, -0.1) is 0 Å². The third-order valence-electron chi connectivity index (χ3n) is 13.0.